The molecule has 1 amide bonds. The van der Waals surface area contributed by atoms with Crippen molar-refractivity contribution in [2.45, 2.75) is 71.7 Å². The van der Waals surface area contributed by atoms with Crippen molar-refractivity contribution in [3.05, 3.63) is 47.7 Å². The molecule has 0 bridgehead atoms. The van der Waals surface area contributed by atoms with Gasteiger partial charge in [0.1, 0.15) is 17.1 Å². The fraction of sp³-hybridized carbons (Fsp3) is 0.500. The van der Waals surface area contributed by atoms with E-state index in [0.717, 1.165) is 10.8 Å². The second kappa shape index (κ2) is 9.96. The Morgan fingerprint density at radius 1 is 1.06 bits per heavy atom. The highest BCUT2D eigenvalue weighted by atomic mass is 19.1. The van der Waals surface area contributed by atoms with E-state index >= 15 is 4.39 Å². The van der Waals surface area contributed by atoms with E-state index in [-0.39, 0.29) is 0 Å². The fourth-order valence-corrected chi connectivity index (χ4v) is 3.48. The van der Waals surface area contributed by atoms with Crippen LogP contribution in [0.15, 0.2) is 42.1 Å². The average molecular weight is 471 g/mol. The quantitative estimate of drug-likeness (QED) is 0.392. The van der Waals surface area contributed by atoms with Crippen LogP contribution in [-0.4, -0.2) is 43.2 Å². The SMILES string of the molecule is CC(C)(C)OC(=O)NCCCOc1ccc(C=C(F)B2OC(C)(C)C(C)(C)O2)c2ccccc12. The summed E-state index contributed by atoms with van der Waals surface area (Å²) < 4.78 is 37.9. The van der Waals surface area contributed by atoms with Crippen LogP contribution in [0.3, 0.4) is 0 Å². The highest BCUT2D eigenvalue weighted by Crippen LogP contribution is 2.39. The van der Waals surface area contributed by atoms with Crippen molar-refractivity contribution in [2.75, 3.05) is 13.2 Å². The maximum atomic E-state index is 15.1. The summed E-state index contributed by atoms with van der Waals surface area (Å²) >= 11 is 0. The molecule has 1 fully saturated rings. The number of alkyl carbamates (subject to hydrolysis) is 1. The summed E-state index contributed by atoms with van der Waals surface area (Å²) in [6.07, 6.45) is 1.63. The summed E-state index contributed by atoms with van der Waals surface area (Å²) in [5.74, 6) is 0.695. The Balaban J connectivity index is 1.66. The molecule has 0 spiro atoms. The van der Waals surface area contributed by atoms with Gasteiger partial charge in [-0.1, -0.05) is 30.3 Å². The monoisotopic (exact) mass is 471 g/mol. The number of hydrogen-bond acceptors (Lipinski definition) is 5. The zero-order chi connectivity index (χ0) is 25.1. The molecule has 0 saturated carbocycles. The van der Waals surface area contributed by atoms with Gasteiger partial charge in [-0.15, -0.1) is 0 Å². The Hall–Kier alpha value is -2.58. The zero-order valence-electron chi connectivity index (χ0n) is 21.2. The molecule has 0 unspecified atom stereocenters. The molecule has 2 aromatic carbocycles. The predicted molar refractivity (Wildman–Crippen MR) is 133 cm³/mol. The molecule has 1 N–H and O–H groups in total. The van der Waals surface area contributed by atoms with Gasteiger partial charge in [0.15, 0.2) is 0 Å². The lowest BCUT2D eigenvalue weighted by atomic mass is 9.86. The molecular weight excluding hydrogens is 436 g/mol. The van der Waals surface area contributed by atoms with E-state index < -0.39 is 35.7 Å². The normalized spacial score (nSPS) is 17.6. The van der Waals surface area contributed by atoms with E-state index in [4.69, 9.17) is 18.8 Å². The molecule has 0 aromatic heterocycles. The van der Waals surface area contributed by atoms with Crippen LogP contribution in [0.25, 0.3) is 16.8 Å². The van der Waals surface area contributed by atoms with Gasteiger partial charge in [0.2, 0.25) is 0 Å². The Bertz CT molecular complexity index is 1040. The van der Waals surface area contributed by atoms with E-state index in [1.54, 1.807) is 0 Å². The molecule has 8 heteroatoms. The van der Waals surface area contributed by atoms with Gasteiger partial charge in [0, 0.05) is 11.9 Å². The number of ether oxygens (including phenoxy) is 2. The van der Waals surface area contributed by atoms with Gasteiger partial charge in [-0.05, 0) is 78.0 Å². The van der Waals surface area contributed by atoms with Crippen LogP contribution in [0.1, 0.15) is 60.5 Å². The van der Waals surface area contributed by atoms with Gasteiger partial charge in [-0.25, -0.2) is 9.18 Å². The molecule has 1 aliphatic rings. The zero-order valence-corrected chi connectivity index (χ0v) is 21.2. The van der Waals surface area contributed by atoms with Crippen molar-refractivity contribution in [1.29, 1.82) is 0 Å². The summed E-state index contributed by atoms with van der Waals surface area (Å²) in [6.45, 7) is 13.9. The van der Waals surface area contributed by atoms with Gasteiger partial charge in [0.05, 0.1) is 17.8 Å². The van der Waals surface area contributed by atoms with Gasteiger partial charge in [0.25, 0.3) is 0 Å². The first kappa shape index (κ1) is 26.0. The van der Waals surface area contributed by atoms with Gasteiger partial charge in [-0.2, -0.15) is 0 Å². The third kappa shape index (κ3) is 6.30. The van der Waals surface area contributed by atoms with Crippen molar-refractivity contribution >= 4 is 30.1 Å². The standard InChI is InChI=1S/C26H35BFNO5/c1-24(2,3)32-23(30)29-15-10-16-31-21-14-13-18(19-11-8-9-12-20(19)21)17-22(28)27-33-25(4,5)26(6,7)34-27/h8-9,11-14,17H,10,15-16H2,1-7H3,(H,29,30). The summed E-state index contributed by atoms with van der Waals surface area (Å²) in [5, 5.41) is 4.45. The smallest absolute Gasteiger partial charge is 0.493 e. The number of hydrogen-bond donors (Lipinski definition) is 1. The highest BCUT2D eigenvalue weighted by Gasteiger charge is 2.53. The lowest BCUT2D eigenvalue weighted by molar-refractivity contribution is 0.00578. The molecule has 0 radical (unpaired) electrons. The molecule has 1 saturated heterocycles. The number of carbonyl (C=O) groups excluding carboxylic acids is 1. The van der Waals surface area contributed by atoms with Crippen LogP contribution < -0.4 is 10.1 Å². The Morgan fingerprint density at radius 2 is 1.68 bits per heavy atom. The molecule has 1 aliphatic heterocycles. The summed E-state index contributed by atoms with van der Waals surface area (Å²) in [5.41, 5.74) is -1.52. The number of benzene rings is 2. The lowest BCUT2D eigenvalue weighted by Crippen LogP contribution is -2.41. The van der Waals surface area contributed by atoms with E-state index in [9.17, 15) is 4.79 Å². The molecule has 184 valence electrons. The van der Waals surface area contributed by atoms with Crippen LogP contribution in [0.4, 0.5) is 9.18 Å². The first-order valence-electron chi connectivity index (χ1n) is 11.6. The number of rotatable bonds is 7. The largest absolute Gasteiger partial charge is 0.525 e. The maximum absolute atomic E-state index is 15.1. The summed E-state index contributed by atoms with van der Waals surface area (Å²) in [4.78, 5) is 11.7. The molecule has 0 aliphatic carbocycles. The molecule has 34 heavy (non-hydrogen) atoms. The van der Waals surface area contributed by atoms with Crippen LogP contribution in [-0.2, 0) is 14.0 Å². The van der Waals surface area contributed by atoms with Crippen LogP contribution in [0.5, 0.6) is 5.75 Å². The second-order valence-electron chi connectivity index (χ2n) is 10.4. The number of halogens is 1. The van der Waals surface area contributed by atoms with Crippen molar-refractivity contribution in [2.24, 2.45) is 0 Å². The van der Waals surface area contributed by atoms with Crippen molar-refractivity contribution < 1.29 is 28.0 Å². The second-order valence-corrected chi connectivity index (χ2v) is 10.4. The van der Waals surface area contributed by atoms with Crippen LogP contribution >= 0.6 is 0 Å². The fourth-order valence-electron chi connectivity index (χ4n) is 3.48. The Kier molecular flexibility index (Phi) is 7.63. The van der Waals surface area contributed by atoms with Crippen LogP contribution in [0.2, 0.25) is 0 Å². The lowest BCUT2D eigenvalue weighted by Gasteiger charge is -2.32. The Labute approximate surface area is 201 Å². The number of amides is 1. The molecule has 3 rings (SSSR count). The van der Waals surface area contributed by atoms with Crippen molar-refractivity contribution in [3.8, 4) is 5.75 Å². The van der Waals surface area contributed by atoms with E-state index in [0.29, 0.717) is 30.9 Å². The molecule has 0 atom stereocenters. The van der Waals surface area contributed by atoms with E-state index in [1.165, 1.54) is 6.08 Å². The minimum atomic E-state index is -1.04. The van der Waals surface area contributed by atoms with Crippen molar-refractivity contribution in [3.63, 3.8) is 0 Å². The summed E-state index contributed by atoms with van der Waals surface area (Å²) in [6, 6.07) is 11.3. The number of nitrogens with one attached hydrogen (secondary N) is 1. The number of fused-ring (bicyclic) bond motifs is 1. The average Bonchev–Trinajstić information content (AvgIpc) is 2.95. The van der Waals surface area contributed by atoms with E-state index in [1.807, 2.05) is 84.9 Å². The third-order valence-electron chi connectivity index (χ3n) is 5.94. The predicted octanol–water partition coefficient (Wildman–Crippen LogP) is 6.08. The summed E-state index contributed by atoms with van der Waals surface area (Å²) in [7, 11) is -1.04. The molecule has 2 aromatic rings. The van der Waals surface area contributed by atoms with Crippen molar-refractivity contribution in [1.82, 2.24) is 5.32 Å². The van der Waals surface area contributed by atoms with E-state index in [2.05, 4.69) is 5.32 Å². The minimum absolute atomic E-state index is 0.414. The molecule has 1 heterocycles. The van der Waals surface area contributed by atoms with Gasteiger partial charge >= 0.3 is 13.2 Å². The van der Waals surface area contributed by atoms with Crippen LogP contribution in [0, 0.1) is 0 Å². The maximum Gasteiger partial charge on any atom is 0.525 e. The third-order valence-corrected chi connectivity index (χ3v) is 5.94. The first-order valence-corrected chi connectivity index (χ1v) is 11.6. The number of carbonyl (C=O) groups is 1. The Morgan fingerprint density at radius 3 is 2.29 bits per heavy atom. The molecular formula is C26H35BFNO5. The highest BCUT2D eigenvalue weighted by molar-refractivity contribution is 6.54. The topological polar surface area (TPSA) is 66.0 Å². The minimum Gasteiger partial charge on any atom is -0.493 e. The molecule has 6 nitrogen and oxygen atoms in total. The first-order chi connectivity index (χ1) is 15.8. The van der Waals surface area contributed by atoms with Gasteiger partial charge < -0.3 is 24.1 Å². The van der Waals surface area contributed by atoms with Gasteiger partial charge in [-0.3, -0.25) is 0 Å².